The SMILES string of the molecule is CCN1CCC(c2cc(C(=O)O)n(C)n2)C1. The lowest BCUT2D eigenvalue weighted by Crippen LogP contribution is -2.19. The average molecular weight is 223 g/mol. The smallest absolute Gasteiger partial charge is 0.354 e. The van der Waals surface area contributed by atoms with E-state index in [1.807, 2.05) is 0 Å². The summed E-state index contributed by atoms with van der Waals surface area (Å²) >= 11 is 0. The molecule has 5 nitrogen and oxygen atoms in total. The van der Waals surface area contributed by atoms with Crippen molar-refractivity contribution >= 4 is 5.97 Å². The van der Waals surface area contributed by atoms with Gasteiger partial charge in [0.15, 0.2) is 0 Å². The average Bonchev–Trinajstić information content (AvgIpc) is 2.83. The van der Waals surface area contributed by atoms with E-state index in [4.69, 9.17) is 5.11 Å². The molecule has 5 heteroatoms. The van der Waals surface area contributed by atoms with Crippen LogP contribution in [0.2, 0.25) is 0 Å². The Labute approximate surface area is 94.7 Å². The van der Waals surface area contributed by atoms with Crippen LogP contribution in [0.4, 0.5) is 0 Å². The highest BCUT2D eigenvalue weighted by molar-refractivity contribution is 5.85. The molecule has 0 radical (unpaired) electrons. The molecule has 1 atom stereocenters. The molecule has 16 heavy (non-hydrogen) atoms. The molecule has 2 rings (SSSR count). The highest BCUT2D eigenvalue weighted by atomic mass is 16.4. The molecule has 2 heterocycles. The van der Waals surface area contributed by atoms with Crippen molar-refractivity contribution < 1.29 is 9.90 Å². The third kappa shape index (κ3) is 1.95. The Balaban J connectivity index is 2.16. The number of hydrogen-bond donors (Lipinski definition) is 1. The van der Waals surface area contributed by atoms with Crippen LogP contribution in [-0.4, -0.2) is 45.4 Å². The largest absolute Gasteiger partial charge is 0.477 e. The second-order valence-electron chi connectivity index (χ2n) is 4.26. The zero-order valence-electron chi connectivity index (χ0n) is 9.68. The van der Waals surface area contributed by atoms with Crippen LogP contribution in [0.25, 0.3) is 0 Å². The molecule has 1 unspecified atom stereocenters. The molecule has 0 bridgehead atoms. The minimum Gasteiger partial charge on any atom is -0.477 e. The third-order valence-electron chi connectivity index (χ3n) is 3.26. The number of aromatic carboxylic acids is 1. The second kappa shape index (κ2) is 4.25. The van der Waals surface area contributed by atoms with E-state index in [2.05, 4.69) is 16.9 Å². The predicted octanol–water partition coefficient (Wildman–Crippen LogP) is 0.927. The van der Waals surface area contributed by atoms with Gasteiger partial charge >= 0.3 is 5.97 Å². The van der Waals surface area contributed by atoms with Gasteiger partial charge in [0.25, 0.3) is 0 Å². The van der Waals surface area contributed by atoms with Gasteiger partial charge < -0.3 is 10.0 Å². The minimum atomic E-state index is -0.911. The Kier molecular flexibility index (Phi) is 2.96. The number of likely N-dealkylation sites (N-methyl/N-ethyl adjacent to an activating group) is 1. The number of likely N-dealkylation sites (tertiary alicyclic amines) is 1. The highest BCUT2D eigenvalue weighted by Crippen LogP contribution is 2.26. The van der Waals surface area contributed by atoms with Crippen LogP contribution in [0.5, 0.6) is 0 Å². The van der Waals surface area contributed by atoms with Crippen molar-refractivity contribution in [3.05, 3.63) is 17.5 Å². The van der Waals surface area contributed by atoms with Crippen LogP contribution in [0.3, 0.4) is 0 Å². The molecule has 1 aromatic heterocycles. The Morgan fingerprint density at radius 1 is 1.69 bits per heavy atom. The van der Waals surface area contributed by atoms with Gasteiger partial charge in [0, 0.05) is 19.5 Å². The van der Waals surface area contributed by atoms with E-state index in [9.17, 15) is 4.79 Å². The Hall–Kier alpha value is -1.36. The number of aryl methyl sites for hydroxylation is 1. The van der Waals surface area contributed by atoms with Crippen molar-refractivity contribution in [1.29, 1.82) is 0 Å². The number of aromatic nitrogens is 2. The number of hydrogen-bond acceptors (Lipinski definition) is 3. The van der Waals surface area contributed by atoms with Crippen molar-refractivity contribution in [3.63, 3.8) is 0 Å². The molecule has 1 N–H and O–H groups in total. The van der Waals surface area contributed by atoms with E-state index in [1.165, 1.54) is 4.68 Å². The van der Waals surface area contributed by atoms with E-state index < -0.39 is 5.97 Å². The molecule has 0 aliphatic carbocycles. The number of nitrogens with zero attached hydrogens (tertiary/aromatic N) is 3. The van der Waals surface area contributed by atoms with Crippen LogP contribution in [0.15, 0.2) is 6.07 Å². The first kappa shape index (κ1) is 11.1. The zero-order chi connectivity index (χ0) is 11.7. The fourth-order valence-electron chi connectivity index (χ4n) is 2.25. The van der Waals surface area contributed by atoms with E-state index >= 15 is 0 Å². The summed E-state index contributed by atoms with van der Waals surface area (Å²) in [6.45, 7) is 5.27. The van der Waals surface area contributed by atoms with Gasteiger partial charge in [-0.1, -0.05) is 6.92 Å². The topological polar surface area (TPSA) is 58.4 Å². The molecule has 1 aliphatic rings. The number of rotatable bonds is 3. The van der Waals surface area contributed by atoms with E-state index in [1.54, 1.807) is 13.1 Å². The highest BCUT2D eigenvalue weighted by Gasteiger charge is 2.26. The summed E-state index contributed by atoms with van der Waals surface area (Å²) in [7, 11) is 1.68. The molecule has 0 amide bonds. The van der Waals surface area contributed by atoms with Crippen molar-refractivity contribution in [1.82, 2.24) is 14.7 Å². The van der Waals surface area contributed by atoms with Gasteiger partial charge in [0.05, 0.1) is 5.69 Å². The Morgan fingerprint density at radius 2 is 2.44 bits per heavy atom. The maximum absolute atomic E-state index is 10.9. The van der Waals surface area contributed by atoms with Crippen LogP contribution in [0, 0.1) is 0 Å². The monoisotopic (exact) mass is 223 g/mol. The standard InChI is InChI=1S/C11H17N3O2/c1-3-14-5-4-8(7-14)9-6-10(11(15)16)13(2)12-9/h6,8H,3-5,7H2,1-2H3,(H,15,16). The second-order valence-corrected chi connectivity index (χ2v) is 4.26. The molecular weight excluding hydrogens is 206 g/mol. The van der Waals surface area contributed by atoms with Gasteiger partial charge in [0.2, 0.25) is 0 Å². The predicted molar refractivity (Wildman–Crippen MR) is 59.6 cm³/mol. The van der Waals surface area contributed by atoms with Gasteiger partial charge in [-0.2, -0.15) is 5.10 Å². The first-order valence-electron chi connectivity index (χ1n) is 5.61. The molecule has 0 saturated carbocycles. The maximum Gasteiger partial charge on any atom is 0.354 e. The molecule has 1 fully saturated rings. The molecule has 0 spiro atoms. The minimum absolute atomic E-state index is 0.268. The fraction of sp³-hybridized carbons (Fsp3) is 0.636. The Morgan fingerprint density at radius 3 is 2.94 bits per heavy atom. The summed E-state index contributed by atoms with van der Waals surface area (Å²) in [4.78, 5) is 13.3. The van der Waals surface area contributed by atoms with Gasteiger partial charge in [-0.3, -0.25) is 4.68 Å². The van der Waals surface area contributed by atoms with Gasteiger partial charge in [0.1, 0.15) is 5.69 Å². The number of carbonyl (C=O) groups is 1. The fourth-order valence-corrected chi connectivity index (χ4v) is 2.25. The third-order valence-corrected chi connectivity index (χ3v) is 3.26. The van der Waals surface area contributed by atoms with Gasteiger partial charge in [-0.25, -0.2) is 4.79 Å². The summed E-state index contributed by atoms with van der Waals surface area (Å²) in [5.41, 5.74) is 1.18. The normalized spacial score (nSPS) is 21.5. The quantitative estimate of drug-likeness (QED) is 0.828. The summed E-state index contributed by atoms with van der Waals surface area (Å²) < 4.78 is 1.45. The molecule has 1 aliphatic heterocycles. The van der Waals surface area contributed by atoms with Crippen molar-refractivity contribution in [3.8, 4) is 0 Å². The maximum atomic E-state index is 10.9. The number of carboxylic acids is 1. The van der Waals surface area contributed by atoms with E-state index in [0.29, 0.717) is 5.92 Å². The van der Waals surface area contributed by atoms with Crippen molar-refractivity contribution in [2.75, 3.05) is 19.6 Å². The molecule has 0 aromatic carbocycles. The Bertz CT molecular complexity index is 400. The first-order chi connectivity index (χ1) is 7.61. The first-order valence-corrected chi connectivity index (χ1v) is 5.61. The van der Waals surface area contributed by atoms with Crippen LogP contribution in [-0.2, 0) is 7.05 Å². The zero-order valence-corrected chi connectivity index (χ0v) is 9.68. The lowest BCUT2D eigenvalue weighted by Gasteiger charge is -2.11. The van der Waals surface area contributed by atoms with Crippen molar-refractivity contribution in [2.45, 2.75) is 19.3 Å². The van der Waals surface area contributed by atoms with Crippen LogP contribution in [0.1, 0.15) is 35.4 Å². The van der Waals surface area contributed by atoms with Crippen LogP contribution < -0.4 is 0 Å². The number of carboxylic acid groups (broad SMARTS) is 1. The molecular formula is C11H17N3O2. The molecule has 88 valence electrons. The summed E-state index contributed by atoms with van der Waals surface area (Å²) in [5.74, 6) is -0.522. The van der Waals surface area contributed by atoms with Gasteiger partial charge in [-0.15, -0.1) is 0 Å². The van der Waals surface area contributed by atoms with E-state index in [0.717, 1.165) is 31.7 Å². The molecule has 1 aromatic rings. The summed E-state index contributed by atoms with van der Waals surface area (Å²) in [5, 5.41) is 13.2. The molecule has 1 saturated heterocycles. The van der Waals surface area contributed by atoms with Crippen LogP contribution >= 0.6 is 0 Å². The summed E-state index contributed by atoms with van der Waals surface area (Å²) in [6.07, 6.45) is 1.07. The van der Waals surface area contributed by atoms with E-state index in [-0.39, 0.29) is 5.69 Å². The van der Waals surface area contributed by atoms with Gasteiger partial charge in [-0.05, 0) is 25.6 Å². The van der Waals surface area contributed by atoms with Crippen molar-refractivity contribution in [2.24, 2.45) is 7.05 Å². The lowest BCUT2D eigenvalue weighted by molar-refractivity contribution is 0.0685. The lowest BCUT2D eigenvalue weighted by atomic mass is 10.1. The summed E-state index contributed by atoms with van der Waals surface area (Å²) in [6, 6.07) is 1.70.